The molecule has 1 aromatic heterocycles. The van der Waals surface area contributed by atoms with Gasteiger partial charge in [-0.3, -0.25) is 0 Å². The normalized spacial score (nSPS) is 12.1. The lowest BCUT2D eigenvalue weighted by Crippen LogP contribution is -2.10. The van der Waals surface area contributed by atoms with Crippen molar-refractivity contribution >= 4 is 27.0 Å². The lowest BCUT2D eigenvalue weighted by molar-refractivity contribution is 0.347. The first kappa shape index (κ1) is 12.1. The number of halogens is 2. The highest BCUT2D eigenvalue weighted by Crippen LogP contribution is 2.24. The van der Waals surface area contributed by atoms with Gasteiger partial charge in [0.15, 0.2) is 5.58 Å². The minimum absolute atomic E-state index is 0.119. The maximum Gasteiger partial charge on any atom is 0.265 e. The highest BCUT2D eigenvalue weighted by atomic mass is 79.9. The van der Waals surface area contributed by atoms with Crippen LogP contribution >= 0.6 is 15.9 Å². The first-order valence-electron chi connectivity index (χ1n) is 4.90. The van der Waals surface area contributed by atoms with E-state index in [2.05, 4.69) is 20.9 Å². The first-order valence-corrected chi connectivity index (χ1v) is 5.69. The Morgan fingerprint density at radius 2 is 2.41 bits per heavy atom. The number of nitrogens with zero attached hydrogens (tertiary/aromatic N) is 1. The summed E-state index contributed by atoms with van der Waals surface area (Å²) in [5, 5.41) is 0. The highest BCUT2D eigenvalue weighted by Gasteiger charge is 2.05. The maximum absolute atomic E-state index is 12.3. The summed E-state index contributed by atoms with van der Waals surface area (Å²) in [6.07, 6.45) is 0.462. The monoisotopic (exact) mass is 300 g/mol. The molecule has 0 aliphatic rings. The molecule has 0 unspecified atom stereocenters. The third-order valence-electron chi connectivity index (χ3n) is 2.17. The Kier molecular flexibility index (Phi) is 3.75. The fraction of sp³-hybridized carbons (Fsp3) is 0.182. The van der Waals surface area contributed by atoms with E-state index in [0.29, 0.717) is 28.0 Å². The van der Waals surface area contributed by atoms with Crippen LogP contribution in [0.4, 0.5) is 4.39 Å². The van der Waals surface area contributed by atoms with Gasteiger partial charge in [-0.15, -0.1) is 0 Å². The zero-order valence-electron chi connectivity index (χ0n) is 8.82. The number of rotatable bonds is 4. The molecule has 0 bridgehead atoms. The third-order valence-corrected chi connectivity index (χ3v) is 2.51. The quantitative estimate of drug-likeness (QED) is 0.943. The Hall–Kier alpha value is -1.40. The molecule has 90 valence electrons. The van der Waals surface area contributed by atoms with Gasteiger partial charge in [0.2, 0.25) is 0 Å². The van der Waals surface area contributed by atoms with Gasteiger partial charge in [0.25, 0.3) is 4.80 Å². The van der Waals surface area contributed by atoms with Gasteiger partial charge < -0.3 is 14.9 Å². The number of fused-ring (bicyclic) bond motifs is 1. The molecule has 0 saturated carbocycles. The predicted octanol–water partition coefficient (Wildman–Crippen LogP) is 2.78. The van der Waals surface area contributed by atoms with Crippen LogP contribution in [0.15, 0.2) is 39.3 Å². The van der Waals surface area contributed by atoms with Gasteiger partial charge in [-0.2, -0.15) is 0 Å². The van der Waals surface area contributed by atoms with E-state index in [-0.39, 0.29) is 13.2 Å². The summed E-state index contributed by atoms with van der Waals surface area (Å²) in [6.45, 7) is 0.250. The van der Waals surface area contributed by atoms with E-state index in [1.54, 1.807) is 18.2 Å². The summed E-state index contributed by atoms with van der Waals surface area (Å²) in [4.78, 5) is 4.50. The van der Waals surface area contributed by atoms with Crippen LogP contribution in [0.1, 0.15) is 0 Å². The van der Waals surface area contributed by atoms with Crippen LogP contribution in [0.25, 0.3) is 11.1 Å². The molecule has 2 rings (SSSR count). The molecule has 0 aliphatic heterocycles. The third kappa shape index (κ3) is 2.83. The smallest absolute Gasteiger partial charge is 0.265 e. The molecule has 1 heterocycles. The Morgan fingerprint density at radius 3 is 3.12 bits per heavy atom. The molecule has 0 spiro atoms. The maximum atomic E-state index is 12.3. The molecule has 0 saturated heterocycles. The Balaban J connectivity index is 2.14. The summed E-state index contributed by atoms with van der Waals surface area (Å²) < 4.78 is 22.9. The second-order valence-corrected chi connectivity index (χ2v) is 4.03. The van der Waals surface area contributed by atoms with Gasteiger partial charge in [0.05, 0.1) is 6.33 Å². The average Bonchev–Trinajstić information content (AvgIpc) is 2.69. The van der Waals surface area contributed by atoms with Crippen molar-refractivity contribution in [2.45, 2.75) is 0 Å². The van der Waals surface area contributed by atoms with Crippen LogP contribution in [0.5, 0.6) is 5.75 Å². The highest BCUT2D eigenvalue weighted by molar-refractivity contribution is 9.10. The van der Waals surface area contributed by atoms with Gasteiger partial charge in [-0.25, -0.2) is 9.37 Å². The predicted molar refractivity (Wildman–Crippen MR) is 65.4 cm³/mol. The molecular weight excluding hydrogens is 291 g/mol. The van der Waals surface area contributed by atoms with E-state index in [1.165, 1.54) is 0 Å². The number of benzene rings is 1. The number of hydrogen-bond acceptors (Lipinski definition) is 4. The molecule has 0 amide bonds. The zero-order valence-corrected chi connectivity index (χ0v) is 10.4. The number of oxazole rings is 1. The summed E-state index contributed by atoms with van der Waals surface area (Å²) in [7, 11) is 0. The Labute approximate surface area is 105 Å². The number of hydrogen-bond donors (Lipinski definition) is 1. The van der Waals surface area contributed by atoms with Crippen molar-refractivity contribution < 1.29 is 13.5 Å². The molecule has 2 aromatic rings. The number of nitrogens with two attached hydrogens (primary N) is 1. The minimum Gasteiger partial charge on any atom is -0.489 e. The number of aromatic nitrogens is 1. The molecule has 2 N–H and O–H groups in total. The van der Waals surface area contributed by atoms with Crippen LogP contribution in [-0.2, 0) is 0 Å². The summed E-state index contributed by atoms with van der Waals surface area (Å²) in [5.41, 5.74) is 7.04. The van der Waals surface area contributed by atoms with Gasteiger partial charge in [0.1, 0.15) is 17.9 Å². The van der Waals surface area contributed by atoms with Crippen molar-refractivity contribution in [1.29, 1.82) is 0 Å². The van der Waals surface area contributed by atoms with E-state index < -0.39 is 0 Å². The zero-order chi connectivity index (χ0) is 12.3. The second-order valence-electron chi connectivity index (χ2n) is 3.36. The Morgan fingerprint density at radius 1 is 1.59 bits per heavy atom. The Bertz CT molecular complexity index is 553. The van der Waals surface area contributed by atoms with E-state index in [9.17, 15) is 4.39 Å². The molecule has 0 fully saturated rings. The molecule has 0 atom stereocenters. The standard InChI is InChI=1S/C11H10BrFN2O2/c12-11-15-9-2-1-8(3-10(9)17-11)16-6-7(4-13)5-14/h1-4H,5-6,14H2/b7-4+. The molecule has 0 aliphatic carbocycles. The van der Waals surface area contributed by atoms with Crippen LogP contribution in [0.2, 0.25) is 0 Å². The molecule has 1 aromatic carbocycles. The van der Waals surface area contributed by atoms with Crippen molar-refractivity contribution in [3.05, 3.63) is 34.9 Å². The van der Waals surface area contributed by atoms with Gasteiger partial charge in [-0.1, -0.05) is 0 Å². The largest absolute Gasteiger partial charge is 0.489 e. The second kappa shape index (κ2) is 5.29. The number of ether oxygens (including phenoxy) is 1. The molecule has 6 heteroatoms. The van der Waals surface area contributed by atoms with E-state index in [0.717, 1.165) is 5.52 Å². The van der Waals surface area contributed by atoms with Gasteiger partial charge in [0, 0.05) is 34.1 Å². The van der Waals surface area contributed by atoms with Crippen LogP contribution in [0.3, 0.4) is 0 Å². The first-order chi connectivity index (χ1) is 8.22. The van der Waals surface area contributed by atoms with Crippen molar-refractivity contribution in [2.24, 2.45) is 5.73 Å². The van der Waals surface area contributed by atoms with Crippen molar-refractivity contribution in [3.63, 3.8) is 0 Å². The molecule has 4 nitrogen and oxygen atoms in total. The SMILES string of the molecule is NC/C(=C\F)COc1ccc2nc(Br)oc2c1. The fourth-order valence-electron chi connectivity index (χ4n) is 1.28. The van der Waals surface area contributed by atoms with Crippen LogP contribution < -0.4 is 10.5 Å². The van der Waals surface area contributed by atoms with Crippen molar-refractivity contribution in [2.75, 3.05) is 13.2 Å². The fourth-order valence-corrected chi connectivity index (χ4v) is 1.64. The minimum atomic E-state index is 0.119. The topological polar surface area (TPSA) is 61.3 Å². The van der Waals surface area contributed by atoms with E-state index >= 15 is 0 Å². The van der Waals surface area contributed by atoms with E-state index in [4.69, 9.17) is 14.9 Å². The van der Waals surface area contributed by atoms with Crippen LogP contribution in [0, 0.1) is 0 Å². The average molecular weight is 301 g/mol. The van der Waals surface area contributed by atoms with Crippen molar-refractivity contribution in [1.82, 2.24) is 4.98 Å². The molecule has 17 heavy (non-hydrogen) atoms. The summed E-state index contributed by atoms with van der Waals surface area (Å²) in [6, 6.07) is 5.20. The van der Waals surface area contributed by atoms with E-state index in [1.807, 2.05) is 0 Å². The molecular formula is C11H10BrFN2O2. The summed E-state index contributed by atoms with van der Waals surface area (Å²) >= 11 is 3.14. The van der Waals surface area contributed by atoms with Gasteiger partial charge >= 0.3 is 0 Å². The van der Waals surface area contributed by atoms with Gasteiger partial charge in [-0.05, 0) is 12.1 Å². The lowest BCUT2D eigenvalue weighted by Gasteiger charge is -2.06. The lowest BCUT2D eigenvalue weighted by atomic mass is 10.3. The summed E-state index contributed by atoms with van der Waals surface area (Å²) in [5.74, 6) is 0.578. The van der Waals surface area contributed by atoms with Crippen LogP contribution in [-0.4, -0.2) is 18.1 Å². The van der Waals surface area contributed by atoms with Crippen molar-refractivity contribution in [3.8, 4) is 5.75 Å². The molecule has 0 radical (unpaired) electrons.